The molecular formula is C12H14N4OS. The zero-order valence-electron chi connectivity index (χ0n) is 9.85. The average Bonchev–Trinajstić information content (AvgIpc) is 3.02. The van der Waals surface area contributed by atoms with Crippen molar-refractivity contribution in [3.8, 4) is 0 Å². The highest BCUT2D eigenvalue weighted by molar-refractivity contribution is 7.08. The normalized spacial score (nSPS) is 22.2. The number of hydrogen-bond acceptors (Lipinski definition) is 5. The van der Waals surface area contributed by atoms with E-state index in [4.69, 9.17) is 0 Å². The molecule has 2 aliphatic heterocycles. The molecule has 0 atom stereocenters. The van der Waals surface area contributed by atoms with E-state index >= 15 is 0 Å². The second-order valence-corrected chi connectivity index (χ2v) is 5.00. The lowest BCUT2D eigenvalue weighted by molar-refractivity contribution is -0.114. The average molecular weight is 262 g/mol. The summed E-state index contributed by atoms with van der Waals surface area (Å²) in [5.41, 5.74) is 1.59. The van der Waals surface area contributed by atoms with Crippen LogP contribution in [0.25, 0.3) is 6.08 Å². The van der Waals surface area contributed by atoms with Crippen molar-refractivity contribution >= 4 is 29.3 Å². The SMILES string of the molecule is O=C1N=C(N2CCNCC2)NC1=Cc1ccsc1. The van der Waals surface area contributed by atoms with E-state index in [0.29, 0.717) is 11.7 Å². The standard InChI is InChI=1S/C12H14N4OS/c17-11-10(7-9-1-6-18-8-9)14-12(15-11)16-4-2-13-3-5-16/h1,6-8,13H,2-5H2,(H,14,15,17). The predicted octanol–water partition coefficient (Wildman–Crippen LogP) is 0.480. The summed E-state index contributed by atoms with van der Waals surface area (Å²) in [6, 6.07) is 1.98. The van der Waals surface area contributed by atoms with Gasteiger partial charge in [-0.15, -0.1) is 0 Å². The van der Waals surface area contributed by atoms with Crippen LogP contribution in [0.5, 0.6) is 0 Å². The first-order chi connectivity index (χ1) is 8.83. The Labute approximate surface area is 109 Å². The number of carbonyl (C=O) groups is 1. The summed E-state index contributed by atoms with van der Waals surface area (Å²) in [7, 11) is 0. The fourth-order valence-electron chi connectivity index (χ4n) is 2.01. The van der Waals surface area contributed by atoms with Crippen molar-refractivity contribution in [1.82, 2.24) is 15.5 Å². The quantitative estimate of drug-likeness (QED) is 0.723. The molecule has 0 aliphatic carbocycles. The first-order valence-electron chi connectivity index (χ1n) is 5.92. The lowest BCUT2D eigenvalue weighted by Gasteiger charge is -2.28. The van der Waals surface area contributed by atoms with Gasteiger partial charge in [0, 0.05) is 26.2 Å². The molecule has 1 aromatic rings. The Hall–Kier alpha value is -1.66. The molecule has 3 rings (SSSR count). The highest BCUT2D eigenvalue weighted by atomic mass is 32.1. The van der Waals surface area contributed by atoms with Crippen molar-refractivity contribution in [2.75, 3.05) is 26.2 Å². The van der Waals surface area contributed by atoms with Gasteiger partial charge in [-0.3, -0.25) is 4.79 Å². The largest absolute Gasteiger partial charge is 0.340 e. The summed E-state index contributed by atoms with van der Waals surface area (Å²) in [4.78, 5) is 18.0. The van der Waals surface area contributed by atoms with Crippen LogP contribution in [-0.4, -0.2) is 42.9 Å². The highest BCUT2D eigenvalue weighted by Crippen LogP contribution is 2.14. The summed E-state index contributed by atoms with van der Waals surface area (Å²) in [5.74, 6) is 0.498. The number of amides is 1. The second kappa shape index (κ2) is 4.91. The number of nitrogens with zero attached hydrogens (tertiary/aromatic N) is 2. The van der Waals surface area contributed by atoms with Gasteiger partial charge in [0.15, 0.2) is 0 Å². The molecule has 0 unspecified atom stereocenters. The van der Waals surface area contributed by atoms with Gasteiger partial charge < -0.3 is 15.5 Å². The van der Waals surface area contributed by atoms with Crippen molar-refractivity contribution in [3.05, 3.63) is 28.1 Å². The van der Waals surface area contributed by atoms with Gasteiger partial charge in [-0.05, 0) is 28.5 Å². The van der Waals surface area contributed by atoms with Crippen LogP contribution in [0.2, 0.25) is 0 Å². The van der Waals surface area contributed by atoms with Crippen molar-refractivity contribution < 1.29 is 4.79 Å². The van der Waals surface area contributed by atoms with E-state index in [0.717, 1.165) is 31.7 Å². The Bertz CT molecular complexity index is 500. The van der Waals surface area contributed by atoms with E-state index in [1.807, 2.05) is 22.9 Å². The third-order valence-corrected chi connectivity index (χ3v) is 3.66. The molecule has 1 saturated heterocycles. The van der Waals surface area contributed by atoms with E-state index in [1.165, 1.54) is 0 Å². The van der Waals surface area contributed by atoms with Crippen LogP contribution < -0.4 is 10.6 Å². The number of piperazine rings is 1. The molecule has 0 saturated carbocycles. The smallest absolute Gasteiger partial charge is 0.296 e. The molecule has 0 spiro atoms. The van der Waals surface area contributed by atoms with Gasteiger partial charge in [-0.25, -0.2) is 0 Å². The lowest BCUT2D eigenvalue weighted by Crippen LogP contribution is -2.49. The predicted molar refractivity (Wildman–Crippen MR) is 72.3 cm³/mol. The number of rotatable bonds is 1. The molecule has 0 radical (unpaired) electrons. The Balaban J connectivity index is 1.74. The molecule has 1 fully saturated rings. The maximum atomic E-state index is 11.8. The highest BCUT2D eigenvalue weighted by Gasteiger charge is 2.24. The fraction of sp³-hybridized carbons (Fsp3) is 0.333. The number of carbonyl (C=O) groups excluding carboxylic acids is 1. The lowest BCUT2D eigenvalue weighted by atomic mass is 10.2. The summed E-state index contributed by atoms with van der Waals surface area (Å²) >= 11 is 1.61. The van der Waals surface area contributed by atoms with E-state index in [9.17, 15) is 4.79 Å². The number of guanidine groups is 1. The number of aliphatic imine (C=N–C) groups is 1. The van der Waals surface area contributed by atoms with Crippen LogP contribution in [-0.2, 0) is 4.79 Å². The first kappa shape index (κ1) is 11.4. The third-order valence-electron chi connectivity index (χ3n) is 2.96. The van der Waals surface area contributed by atoms with Crippen molar-refractivity contribution in [2.24, 2.45) is 4.99 Å². The summed E-state index contributed by atoms with van der Waals surface area (Å²) in [6.45, 7) is 3.62. The maximum Gasteiger partial charge on any atom is 0.296 e. The minimum atomic E-state index is -0.185. The minimum Gasteiger partial charge on any atom is -0.340 e. The van der Waals surface area contributed by atoms with Gasteiger partial charge in [-0.1, -0.05) is 0 Å². The summed E-state index contributed by atoms with van der Waals surface area (Å²) < 4.78 is 0. The van der Waals surface area contributed by atoms with E-state index < -0.39 is 0 Å². The molecule has 6 heteroatoms. The van der Waals surface area contributed by atoms with Crippen LogP contribution in [0.3, 0.4) is 0 Å². The van der Waals surface area contributed by atoms with Gasteiger partial charge in [-0.2, -0.15) is 16.3 Å². The van der Waals surface area contributed by atoms with Crippen LogP contribution in [0.4, 0.5) is 0 Å². The van der Waals surface area contributed by atoms with E-state index in [-0.39, 0.29) is 5.91 Å². The van der Waals surface area contributed by atoms with Gasteiger partial charge in [0.05, 0.1) is 0 Å². The van der Waals surface area contributed by atoms with E-state index in [1.54, 1.807) is 11.3 Å². The van der Waals surface area contributed by atoms with Crippen LogP contribution in [0.1, 0.15) is 5.56 Å². The zero-order valence-corrected chi connectivity index (χ0v) is 10.7. The van der Waals surface area contributed by atoms with Crippen molar-refractivity contribution in [1.29, 1.82) is 0 Å². The zero-order chi connectivity index (χ0) is 12.4. The molecule has 2 aliphatic rings. The number of hydrogen-bond donors (Lipinski definition) is 2. The molecule has 0 bridgehead atoms. The Morgan fingerprint density at radius 3 is 2.94 bits per heavy atom. The van der Waals surface area contributed by atoms with E-state index in [2.05, 4.69) is 20.5 Å². The molecular weight excluding hydrogens is 248 g/mol. The maximum absolute atomic E-state index is 11.8. The molecule has 1 aromatic heterocycles. The van der Waals surface area contributed by atoms with Gasteiger partial charge in [0.2, 0.25) is 5.96 Å². The van der Waals surface area contributed by atoms with Gasteiger partial charge in [0.1, 0.15) is 5.70 Å². The fourth-order valence-corrected chi connectivity index (χ4v) is 2.62. The summed E-state index contributed by atoms with van der Waals surface area (Å²) in [6.07, 6.45) is 1.84. The second-order valence-electron chi connectivity index (χ2n) is 4.22. The minimum absolute atomic E-state index is 0.185. The van der Waals surface area contributed by atoms with Crippen molar-refractivity contribution in [3.63, 3.8) is 0 Å². The molecule has 3 heterocycles. The van der Waals surface area contributed by atoms with Crippen LogP contribution in [0.15, 0.2) is 27.5 Å². The summed E-state index contributed by atoms with van der Waals surface area (Å²) in [5, 5.41) is 10.4. The Morgan fingerprint density at radius 1 is 1.39 bits per heavy atom. The molecule has 1 amide bonds. The van der Waals surface area contributed by atoms with Crippen LogP contribution >= 0.6 is 11.3 Å². The van der Waals surface area contributed by atoms with Gasteiger partial charge >= 0.3 is 0 Å². The number of thiophene rings is 1. The Kier molecular flexibility index (Phi) is 3.12. The monoisotopic (exact) mass is 262 g/mol. The number of nitrogens with one attached hydrogen (secondary N) is 2. The first-order valence-corrected chi connectivity index (χ1v) is 6.87. The molecule has 94 valence electrons. The molecule has 2 N–H and O–H groups in total. The molecule has 5 nitrogen and oxygen atoms in total. The van der Waals surface area contributed by atoms with Gasteiger partial charge in [0.25, 0.3) is 5.91 Å². The van der Waals surface area contributed by atoms with Crippen molar-refractivity contribution in [2.45, 2.75) is 0 Å². The molecule has 18 heavy (non-hydrogen) atoms. The van der Waals surface area contributed by atoms with Crippen LogP contribution in [0, 0.1) is 0 Å². The Morgan fingerprint density at radius 2 is 2.22 bits per heavy atom. The third kappa shape index (κ3) is 2.30. The topological polar surface area (TPSA) is 56.7 Å². The molecule has 0 aromatic carbocycles.